The summed E-state index contributed by atoms with van der Waals surface area (Å²) < 4.78 is 7.01. The summed E-state index contributed by atoms with van der Waals surface area (Å²) in [7, 11) is 0. The molecule has 3 rings (SSSR count). The Hall–Kier alpha value is -0.580. The topological polar surface area (TPSA) is 9.23 Å². The molecule has 1 nitrogen and oxygen atoms in total. The van der Waals surface area contributed by atoms with Crippen molar-refractivity contribution in [2.45, 2.75) is 13.0 Å². The molecule has 0 saturated carbocycles. The first-order valence-corrected chi connectivity index (χ1v) is 8.84. The second-order valence-corrected chi connectivity index (χ2v) is 6.92. The Kier molecular flexibility index (Phi) is 4.10. The minimum atomic E-state index is 0.652. The number of thiophene rings is 1. The number of rotatable bonds is 2. The predicted octanol–water partition coefficient (Wildman–Crippen LogP) is 5.62. The minimum Gasteiger partial charge on any atom is -0.488 e. The second kappa shape index (κ2) is 5.81. The van der Waals surface area contributed by atoms with E-state index < -0.39 is 0 Å². The van der Waals surface area contributed by atoms with Crippen LogP contribution in [-0.2, 0) is 6.61 Å². The van der Waals surface area contributed by atoms with Crippen LogP contribution >= 0.6 is 43.2 Å². The zero-order valence-corrected chi connectivity index (χ0v) is 14.1. The third kappa shape index (κ3) is 2.67. The average molecular weight is 400 g/mol. The normalized spacial score (nSPS) is 15.6. The van der Waals surface area contributed by atoms with Crippen LogP contribution in [0.2, 0.25) is 0 Å². The molecule has 1 aliphatic heterocycles. The van der Waals surface area contributed by atoms with Crippen LogP contribution in [0.15, 0.2) is 40.2 Å². The van der Waals surface area contributed by atoms with Crippen molar-refractivity contribution in [1.82, 2.24) is 0 Å². The van der Waals surface area contributed by atoms with Gasteiger partial charge in [-0.1, -0.05) is 37.9 Å². The van der Waals surface area contributed by atoms with Crippen LogP contribution in [0.5, 0.6) is 5.75 Å². The first kappa shape index (κ1) is 13.4. The van der Waals surface area contributed by atoms with Gasteiger partial charge in [0.05, 0.1) is 0 Å². The lowest BCUT2D eigenvalue weighted by Crippen LogP contribution is -1.93. The number of ether oxygens (including phenoxy) is 1. The highest BCUT2D eigenvalue weighted by molar-refractivity contribution is 9.10. The molecule has 2 aromatic rings. The number of hydrogen-bond donors (Lipinski definition) is 0. The van der Waals surface area contributed by atoms with Crippen LogP contribution in [0.25, 0.3) is 5.57 Å². The third-order valence-electron chi connectivity index (χ3n) is 3.06. The number of allylic oxidation sites excluding steroid dienone is 1. The van der Waals surface area contributed by atoms with Gasteiger partial charge in [-0.3, -0.25) is 0 Å². The molecule has 4 heteroatoms. The van der Waals surface area contributed by atoms with E-state index in [0.29, 0.717) is 6.61 Å². The van der Waals surface area contributed by atoms with Gasteiger partial charge in [-0.05, 0) is 41.6 Å². The molecule has 0 spiro atoms. The summed E-state index contributed by atoms with van der Waals surface area (Å²) >= 11 is 8.84. The molecule has 0 saturated heterocycles. The second-order valence-electron chi connectivity index (χ2n) is 4.30. The molecule has 0 radical (unpaired) electrons. The predicted molar refractivity (Wildman–Crippen MR) is 88.3 cm³/mol. The lowest BCUT2D eigenvalue weighted by Gasteiger charge is -2.09. The Morgan fingerprint density at radius 1 is 1.32 bits per heavy atom. The number of hydrogen-bond acceptors (Lipinski definition) is 2. The smallest absolute Gasteiger partial charge is 0.127 e. The van der Waals surface area contributed by atoms with Crippen LogP contribution in [0.1, 0.15) is 22.4 Å². The van der Waals surface area contributed by atoms with Gasteiger partial charge in [-0.15, -0.1) is 11.3 Å². The molecule has 0 N–H and O–H groups in total. The fourth-order valence-electron chi connectivity index (χ4n) is 2.20. The van der Waals surface area contributed by atoms with Gasteiger partial charge in [0.15, 0.2) is 0 Å². The zero-order valence-electron chi connectivity index (χ0n) is 10.2. The summed E-state index contributed by atoms with van der Waals surface area (Å²) in [5, 5.41) is 3.11. The molecule has 1 aliphatic rings. The monoisotopic (exact) mass is 398 g/mol. The molecule has 1 aromatic carbocycles. The molecule has 19 heavy (non-hydrogen) atoms. The van der Waals surface area contributed by atoms with Crippen LogP contribution in [-0.4, -0.2) is 5.33 Å². The third-order valence-corrected chi connectivity index (χ3v) is 5.00. The van der Waals surface area contributed by atoms with E-state index in [1.165, 1.54) is 21.6 Å². The molecular weight excluding hydrogens is 388 g/mol. The maximum atomic E-state index is 5.93. The van der Waals surface area contributed by atoms with E-state index in [1.54, 1.807) is 11.3 Å². The number of halogens is 2. The highest BCUT2D eigenvalue weighted by Crippen LogP contribution is 2.40. The van der Waals surface area contributed by atoms with E-state index in [-0.39, 0.29) is 0 Å². The summed E-state index contributed by atoms with van der Waals surface area (Å²) in [5.41, 5.74) is 3.74. The molecule has 0 atom stereocenters. The van der Waals surface area contributed by atoms with Gasteiger partial charge in [0.2, 0.25) is 0 Å². The van der Waals surface area contributed by atoms with Crippen LogP contribution in [0.3, 0.4) is 0 Å². The van der Waals surface area contributed by atoms with E-state index in [4.69, 9.17) is 4.74 Å². The SMILES string of the molecule is BrCC/C=C1\c2cc(Br)ccc2OCc2ccsc21. The van der Waals surface area contributed by atoms with E-state index in [9.17, 15) is 0 Å². The maximum absolute atomic E-state index is 5.93. The van der Waals surface area contributed by atoms with Gasteiger partial charge in [0, 0.05) is 25.8 Å². The first-order valence-electron chi connectivity index (χ1n) is 6.05. The number of fused-ring (bicyclic) bond motifs is 2. The molecule has 0 aliphatic carbocycles. The summed E-state index contributed by atoms with van der Waals surface area (Å²) in [5.74, 6) is 0.965. The molecule has 0 amide bonds. The van der Waals surface area contributed by atoms with Crippen molar-refractivity contribution in [3.63, 3.8) is 0 Å². The van der Waals surface area contributed by atoms with Crippen molar-refractivity contribution in [3.05, 3.63) is 56.2 Å². The van der Waals surface area contributed by atoms with Gasteiger partial charge in [-0.25, -0.2) is 0 Å². The molecule has 2 heterocycles. The van der Waals surface area contributed by atoms with Crippen molar-refractivity contribution in [3.8, 4) is 5.75 Å². The largest absolute Gasteiger partial charge is 0.488 e. The standard InChI is InChI=1S/C15H12Br2OS/c16-6-1-2-12-13-8-11(17)3-4-14(13)18-9-10-5-7-19-15(10)12/h2-5,7-8H,1,6,9H2/b12-2+. The van der Waals surface area contributed by atoms with Gasteiger partial charge >= 0.3 is 0 Å². The molecular formula is C15H12Br2OS. The highest BCUT2D eigenvalue weighted by Gasteiger charge is 2.20. The van der Waals surface area contributed by atoms with Crippen molar-refractivity contribution in [1.29, 1.82) is 0 Å². The first-order chi connectivity index (χ1) is 9.29. The maximum Gasteiger partial charge on any atom is 0.127 e. The molecule has 0 bridgehead atoms. The Morgan fingerprint density at radius 2 is 2.21 bits per heavy atom. The summed E-state index contributed by atoms with van der Waals surface area (Å²) in [6.07, 6.45) is 3.31. The van der Waals surface area contributed by atoms with Gasteiger partial charge in [0.25, 0.3) is 0 Å². The van der Waals surface area contributed by atoms with E-state index >= 15 is 0 Å². The van der Waals surface area contributed by atoms with Crippen molar-refractivity contribution < 1.29 is 4.74 Å². The van der Waals surface area contributed by atoms with Crippen molar-refractivity contribution in [2.75, 3.05) is 5.33 Å². The molecule has 0 fully saturated rings. The lowest BCUT2D eigenvalue weighted by molar-refractivity contribution is 0.307. The summed E-state index contributed by atoms with van der Waals surface area (Å²) in [4.78, 5) is 1.33. The number of alkyl halides is 1. The quantitative estimate of drug-likeness (QED) is 0.595. The van der Waals surface area contributed by atoms with Crippen LogP contribution in [0.4, 0.5) is 0 Å². The van der Waals surface area contributed by atoms with Gasteiger partial charge in [0.1, 0.15) is 12.4 Å². The number of benzene rings is 1. The van der Waals surface area contributed by atoms with Gasteiger partial charge < -0.3 is 4.74 Å². The lowest BCUT2D eigenvalue weighted by atomic mass is 10.0. The zero-order chi connectivity index (χ0) is 13.2. The molecule has 1 aromatic heterocycles. The van der Waals surface area contributed by atoms with Gasteiger partial charge in [-0.2, -0.15) is 0 Å². The Morgan fingerprint density at radius 3 is 3.05 bits per heavy atom. The Bertz CT molecular complexity index is 631. The highest BCUT2D eigenvalue weighted by atomic mass is 79.9. The van der Waals surface area contributed by atoms with E-state index in [2.05, 4.69) is 55.4 Å². The Balaban J connectivity index is 2.19. The van der Waals surface area contributed by atoms with E-state index in [0.717, 1.165) is 22.0 Å². The van der Waals surface area contributed by atoms with Crippen molar-refractivity contribution in [2.24, 2.45) is 0 Å². The summed E-state index contributed by atoms with van der Waals surface area (Å²) in [6.45, 7) is 0.652. The molecule has 98 valence electrons. The van der Waals surface area contributed by atoms with Crippen molar-refractivity contribution >= 4 is 48.8 Å². The fourth-order valence-corrected chi connectivity index (χ4v) is 3.76. The fraction of sp³-hybridized carbons (Fsp3) is 0.200. The van der Waals surface area contributed by atoms with Crippen LogP contribution < -0.4 is 4.74 Å². The molecule has 0 unspecified atom stereocenters. The average Bonchev–Trinajstić information content (AvgIpc) is 2.82. The van der Waals surface area contributed by atoms with E-state index in [1.807, 2.05) is 12.1 Å². The Labute approximate surface area is 133 Å². The van der Waals surface area contributed by atoms with Crippen LogP contribution in [0, 0.1) is 0 Å². The summed E-state index contributed by atoms with van der Waals surface area (Å²) in [6, 6.07) is 8.37. The minimum absolute atomic E-state index is 0.652.